The second kappa shape index (κ2) is 11.1. The van der Waals surface area contributed by atoms with Crippen LogP contribution in [0, 0.1) is 0 Å². The summed E-state index contributed by atoms with van der Waals surface area (Å²) in [5, 5.41) is 3.79. The van der Waals surface area contributed by atoms with Crippen LogP contribution >= 0.6 is 35.0 Å². The van der Waals surface area contributed by atoms with Crippen molar-refractivity contribution in [1.29, 1.82) is 0 Å². The number of halogens is 2. The van der Waals surface area contributed by atoms with Crippen LogP contribution in [0.15, 0.2) is 41.3 Å². The Morgan fingerprint density at radius 2 is 2.10 bits per heavy atom. The van der Waals surface area contributed by atoms with E-state index in [9.17, 15) is 4.79 Å². The smallest absolute Gasteiger partial charge is 0.233 e. The predicted octanol–water partition coefficient (Wildman–Crippen LogP) is 5.36. The van der Waals surface area contributed by atoms with Gasteiger partial charge in [0.1, 0.15) is 6.61 Å². The maximum Gasteiger partial charge on any atom is 0.233 e. The molecule has 0 saturated carbocycles. The lowest BCUT2D eigenvalue weighted by atomic mass is 10.2. The summed E-state index contributed by atoms with van der Waals surface area (Å²) in [6, 6.07) is 10.9. The first-order chi connectivity index (χ1) is 14.5. The number of amides is 1. The zero-order chi connectivity index (χ0) is 21.5. The molecule has 1 heterocycles. The van der Waals surface area contributed by atoms with Crippen LogP contribution in [-0.4, -0.2) is 37.6 Å². The quantitative estimate of drug-likeness (QED) is 0.501. The SMILES string of the molecule is COc1cc(CNC(=O)C(C)Sc2cc(Cl)ccc2Cl)ccc1OCC1CCCO1. The Bertz CT molecular complexity index is 874. The number of rotatable bonds is 9. The summed E-state index contributed by atoms with van der Waals surface area (Å²) >= 11 is 13.6. The minimum absolute atomic E-state index is 0.0892. The van der Waals surface area contributed by atoms with Crippen molar-refractivity contribution in [2.45, 2.75) is 42.6 Å². The number of carbonyl (C=O) groups excluding carboxylic acids is 1. The standard InChI is InChI=1S/C22H25Cl2NO4S/c1-14(30-21-11-16(23)6-7-18(21)24)22(26)25-12-15-5-8-19(20(10-15)27-2)29-13-17-4-3-9-28-17/h5-8,10-11,14,17H,3-4,9,12-13H2,1-2H3,(H,25,26). The van der Waals surface area contributed by atoms with Crippen LogP contribution in [0.25, 0.3) is 0 Å². The summed E-state index contributed by atoms with van der Waals surface area (Å²) in [5.74, 6) is 1.21. The molecule has 1 fully saturated rings. The molecule has 0 aromatic heterocycles. The highest BCUT2D eigenvalue weighted by atomic mass is 35.5. The lowest BCUT2D eigenvalue weighted by Crippen LogP contribution is -2.30. The Morgan fingerprint density at radius 1 is 1.27 bits per heavy atom. The van der Waals surface area contributed by atoms with Crippen LogP contribution < -0.4 is 14.8 Å². The van der Waals surface area contributed by atoms with Gasteiger partial charge in [0.25, 0.3) is 0 Å². The van der Waals surface area contributed by atoms with Gasteiger partial charge in [-0.25, -0.2) is 0 Å². The van der Waals surface area contributed by atoms with Gasteiger partial charge in [0.15, 0.2) is 11.5 Å². The normalized spacial score (nSPS) is 16.9. The number of nitrogens with one attached hydrogen (secondary N) is 1. The Labute approximate surface area is 191 Å². The molecule has 5 nitrogen and oxygen atoms in total. The Hall–Kier alpha value is -1.60. The van der Waals surface area contributed by atoms with Gasteiger partial charge in [0.2, 0.25) is 5.91 Å². The lowest BCUT2D eigenvalue weighted by Gasteiger charge is -2.16. The van der Waals surface area contributed by atoms with E-state index in [-0.39, 0.29) is 17.3 Å². The van der Waals surface area contributed by atoms with E-state index in [1.165, 1.54) is 11.8 Å². The van der Waals surface area contributed by atoms with Gasteiger partial charge in [-0.3, -0.25) is 4.79 Å². The lowest BCUT2D eigenvalue weighted by molar-refractivity contribution is -0.120. The van der Waals surface area contributed by atoms with Crippen molar-refractivity contribution in [3.8, 4) is 11.5 Å². The maximum atomic E-state index is 12.5. The highest BCUT2D eigenvalue weighted by Crippen LogP contribution is 2.33. The van der Waals surface area contributed by atoms with E-state index >= 15 is 0 Å². The number of ether oxygens (including phenoxy) is 3. The zero-order valence-corrected chi connectivity index (χ0v) is 19.3. The largest absolute Gasteiger partial charge is 0.493 e. The molecule has 162 valence electrons. The number of hydrogen-bond donors (Lipinski definition) is 1. The van der Waals surface area contributed by atoms with Gasteiger partial charge >= 0.3 is 0 Å². The predicted molar refractivity (Wildman–Crippen MR) is 121 cm³/mol. The zero-order valence-electron chi connectivity index (χ0n) is 17.0. The van der Waals surface area contributed by atoms with E-state index in [2.05, 4.69) is 5.32 Å². The molecular weight excluding hydrogens is 445 g/mol. The van der Waals surface area contributed by atoms with E-state index in [1.54, 1.807) is 25.3 Å². The van der Waals surface area contributed by atoms with Gasteiger partial charge in [-0.15, -0.1) is 11.8 Å². The maximum absolute atomic E-state index is 12.5. The number of benzene rings is 2. The summed E-state index contributed by atoms with van der Waals surface area (Å²) in [7, 11) is 1.60. The second-order valence-electron chi connectivity index (χ2n) is 6.98. The van der Waals surface area contributed by atoms with E-state index in [1.807, 2.05) is 25.1 Å². The van der Waals surface area contributed by atoms with Gasteiger partial charge in [-0.2, -0.15) is 0 Å². The molecule has 1 N–H and O–H groups in total. The van der Waals surface area contributed by atoms with Crippen LogP contribution in [0.4, 0.5) is 0 Å². The molecule has 0 aliphatic carbocycles. The monoisotopic (exact) mass is 469 g/mol. The van der Waals surface area contributed by atoms with Crippen molar-refractivity contribution in [3.63, 3.8) is 0 Å². The third-order valence-corrected chi connectivity index (χ3v) is 6.55. The van der Waals surface area contributed by atoms with E-state index < -0.39 is 0 Å². The van der Waals surface area contributed by atoms with Crippen LogP contribution in [0.3, 0.4) is 0 Å². The molecule has 1 amide bonds. The summed E-state index contributed by atoms with van der Waals surface area (Å²) in [4.78, 5) is 13.3. The molecule has 2 aromatic rings. The number of thioether (sulfide) groups is 1. The molecular formula is C22H25Cl2NO4S. The van der Waals surface area contributed by atoms with Crippen molar-refractivity contribution in [2.75, 3.05) is 20.3 Å². The van der Waals surface area contributed by atoms with Crippen LogP contribution in [0.2, 0.25) is 10.0 Å². The summed E-state index contributed by atoms with van der Waals surface area (Å²) < 4.78 is 16.9. The van der Waals surface area contributed by atoms with Crippen molar-refractivity contribution >= 4 is 40.9 Å². The average molecular weight is 470 g/mol. The van der Waals surface area contributed by atoms with Crippen LogP contribution in [0.5, 0.6) is 11.5 Å². The third-order valence-electron chi connectivity index (χ3n) is 4.71. The number of hydrogen-bond acceptors (Lipinski definition) is 5. The first-order valence-electron chi connectivity index (χ1n) is 9.77. The van der Waals surface area contributed by atoms with Gasteiger partial charge in [-0.05, 0) is 55.7 Å². The number of carbonyl (C=O) groups is 1. The van der Waals surface area contributed by atoms with Gasteiger partial charge in [-0.1, -0.05) is 29.3 Å². The molecule has 30 heavy (non-hydrogen) atoms. The fourth-order valence-corrected chi connectivity index (χ4v) is 4.48. The highest BCUT2D eigenvalue weighted by Gasteiger charge is 2.18. The van der Waals surface area contributed by atoms with Crippen LogP contribution in [0.1, 0.15) is 25.3 Å². The van der Waals surface area contributed by atoms with Gasteiger partial charge < -0.3 is 19.5 Å². The summed E-state index contributed by atoms with van der Waals surface area (Å²) in [6.45, 7) is 3.52. The second-order valence-corrected chi connectivity index (χ2v) is 9.21. The minimum atomic E-state index is -0.322. The molecule has 3 rings (SSSR count). The Kier molecular flexibility index (Phi) is 8.57. The van der Waals surface area contributed by atoms with Crippen molar-refractivity contribution in [3.05, 3.63) is 52.0 Å². The van der Waals surface area contributed by atoms with Crippen molar-refractivity contribution < 1.29 is 19.0 Å². The molecule has 1 saturated heterocycles. The average Bonchev–Trinajstić information content (AvgIpc) is 3.27. The minimum Gasteiger partial charge on any atom is -0.493 e. The highest BCUT2D eigenvalue weighted by molar-refractivity contribution is 8.00. The molecule has 0 spiro atoms. The molecule has 2 unspecified atom stereocenters. The molecule has 2 atom stereocenters. The summed E-state index contributed by atoms with van der Waals surface area (Å²) in [6.07, 6.45) is 2.23. The number of methoxy groups -OCH3 is 1. The third kappa shape index (κ3) is 6.45. The fraction of sp³-hybridized carbons (Fsp3) is 0.409. The van der Waals surface area contributed by atoms with E-state index in [0.717, 1.165) is 29.9 Å². The Morgan fingerprint density at radius 3 is 2.83 bits per heavy atom. The topological polar surface area (TPSA) is 56.8 Å². The Balaban J connectivity index is 1.53. The summed E-state index contributed by atoms with van der Waals surface area (Å²) in [5.41, 5.74) is 0.919. The van der Waals surface area contributed by atoms with Crippen molar-refractivity contribution in [1.82, 2.24) is 5.32 Å². The van der Waals surface area contributed by atoms with Gasteiger partial charge in [0, 0.05) is 23.1 Å². The van der Waals surface area contributed by atoms with Gasteiger partial charge in [0.05, 0.1) is 23.5 Å². The van der Waals surface area contributed by atoms with E-state index in [0.29, 0.717) is 34.7 Å². The van der Waals surface area contributed by atoms with Crippen LogP contribution in [-0.2, 0) is 16.1 Å². The molecule has 2 aromatic carbocycles. The molecule has 0 radical (unpaired) electrons. The first kappa shape index (κ1) is 23.1. The fourth-order valence-electron chi connectivity index (χ4n) is 3.04. The molecule has 8 heteroatoms. The van der Waals surface area contributed by atoms with E-state index in [4.69, 9.17) is 37.4 Å². The first-order valence-corrected chi connectivity index (χ1v) is 11.4. The molecule has 1 aliphatic rings. The van der Waals surface area contributed by atoms with Crippen molar-refractivity contribution in [2.24, 2.45) is 0 Å². The molecule has 1 aliphatic heterocycles. The molecule has 0 bridgehead atoms.